The van der Waals surface area contributed by atoms with Crippen LogP contribution in [0.3, 0.4) is 0 Å². The Morgan fingerprint density at radius 3 is 2.47 bits per heavy atom. The van der Waals surface area contributed by atoms with E-state index in [1.807, 2.05) is 25.1 Å². The maximum Gasteiger partial charge on any atom is 0.257 e. The minimum Gasteiger partial charge on any atom is -0.494 e. The molecule has 1 atom stereocenters. The maximum atomic E-state index is 12.9. The molecule has 2 aromatic carbocycles. The number of hydrogen-bond acceptors (Lipinski definition) is 2. The molecule has 0 radical (unpaired) electrons. The van der Waals surface area contributed by atoms with Gasteiger partial charge < -0.3 is 10.5 Å². The molecule has 2 rings (SSSR count). The van der Waals surface area contributed by atoms with Gasteiger partial charge in [0.25, 0.3) is 6.43 Å². The second-order valence-electron chi connectivity index (χ2n) is 3.99. The van der Waals surface area contributed by atoms with Gasteiger partial charge in [-0.05, 0) is 23.8 Å². The molecule has 2 N–H and O–H groups in total. The van der Waals surface area contributed by atoms with E-state index in [9.17, 15) is 8.78 Å². The van der Waals surface area contributed by atoms with E-state index in [1.165, 1.54) is 0 Å². The molecule has 2 nitrogen and oxygen atoms in total. The highest BCUT2D eigenvalue weighted by molar-refractivity contribution is 5.88. The fourth-order valence-electron chi connectivity index (χ4n) is 2.03. The van der Waals surface area contributed by atoms with Gasteiger partial charge in [-0.25, -0.2) is 8.78 Å². The zero-order valence-corrected chi connectivity index (χ0v) is 11.3. The summed E-state index contributed by atoms with van der Waals surface area (Å²) in [5, 5.41) is 1.60. The number of fused-ring (bicyclic) bond motifs is 1. The fourth-order valence-corrected chi connectivity index (χ4v) is 2.03. The Bertz CT molecular complexity index is 548. The van der Waals surface area contributed by atoms with Crippen LogP contribution >= 0.6 is 12.4 Å². The number of alkyl halides is 2. The highest BCUT2D eigenvalue weighted by atomic mass is 35.5. The van der Waals surface area contributed by atoms with Crippen LogP contribution in [0, 0.1) is 0 Å². The first kappa shape index (κ1) is 15.7. The number of ether oxygens (including phenoxy) is 1. The average Bonchev–Trinajstić information content (AvgIpc) is 2.38. The van der Waals surface area contributed by atoms with Crippen molar-refractivity contribution in [3.63, 3.8) is 0 Å². The Hall–Kier alpha value is -1.39. The second-order valence-corrected chi connectivity index (χ2v) is 3.99. The summed E-state index contributed by atoms with van der Waals surface area (Å²) >= 11 is 0. The van der Waals surface area contributed by atoms with Crippen LogP contribution in [0.4, 0.5) is 8.78 Å². The first-order valence-corrected chi connectivity index (χ1v) is 5.83. The highest BCUT2D eigenvalue weighted by Crippen LogP contribution is 2.34. The van der Waals surface area contributed by atoms with Crippen LogP contribution in [0.25, 0.3) is 10.8 Å². The number of halogens is 3. The van der Waals surface area contributed by atoms with Gasteiger partial charge in [-0.15, -0.1) is 12.4 Å². The van der Waals surface area contributed by atoms with Crippen LogP contribution in [0.1, 0.15) is 18.5 Å². The van der Waals surface area contributed by atoms with Gasteiger partial charge in [0.15, 0.2) is 0 Å². The SMILES string of the molecule is CCOc1ccc2ccccc2c1[C@@H](N)C(F)F.Cl. The predicted molar refractivity (Wildman–Crippen MR) is 75.3 cm³/mol. The molecule has 0 aliphatic rings. The van der Waals surface area contributed by atoms with E-state index in [2.05, 4.69) is 0 Å². The molecule has 0 fully saturated rings. The van der Waals surface area contributed by atoms with Crippen molar-refractivity contribution >= 4 is 23.2 Å². The van der Waals surface area contributed by atoms with Crippen LogP contribution < -0.4 is 10.5 Å². The topological polar surface area (TPSA) is 35.2 Å². The second kappa shape index (κ2) is 6.68. The first-order chi connectivity index (χ1) is 8.65. The number of hydrogen-bond donors (Lipinski definition) is 1. The fraction of sp³-hybridized carbons (Fsp3) is 0.286. The summed E-state index contributed by atoms with van der Waals surface area (Å²) in [4.78, 5) is 0. The summed E-state index contributed by atoms with van der Waals surface area (Å²) in [7, 11) is 0. The van der Waals surface area contributed by atoms with Gasteiger partial charge in [-0.3, -0.25) is 0 Å². The molecule has 19 heavy (non-hydrogen) atoms. The van der Waals surface area contributed by atoms with Crippen molar-refractivity contribution in [2.75, 3.05) is 6.61 Å². The zero-order valence-electron chi connectivity index (χ0n) is 10.5. The highest BCUT2D eigenvalue weighted by Gasteiger charge is 2.23. The molecule has 0 aliphatic carbocycles. The lowest BCUT2D eigenvalue weighted by molar-refractivity contribution is 0.115. The van der Waals surface area contributed by atoms with E-state index < -0.39 is 12.5 Å². The Kier molecular flexibility index (Phi) is 5.51. The van der Waals surface area contributed by atoms with Crippen molar-refractivity contribution < 1.29 is 13.5 Å². The molecule has 0 spiro atoms. The van der Waals surface area contributed by atoms with Crippen molar-refractivity contribution in [2.45, 2.75) is 19.4 Å². The molecular formula is C14H16ClF2NO. The van der Waals surface area contributed by atoms with Crippen LogP contribution in [0.15, 0.2) is 36.4 Å². The molecule has 0 bridgehead atoms. The van der Waals surface area contributed by atoms with Gasteiger partial charge in [0, 0.05) is 5.56 Å². The molecule has 104 valence electrons. The maximum absolute atomic E-state index is 12.9. The van der Waals surface area contributed by atoms with Crippen molar-refractivity contribution in [1.29, 1.82) is 0 Å². The van der Waals surface area contributed by atoms with Gasteiger partial charge in [0.05, 0.1) is 12.6 Å². The lowest BCUT2D eigenvalue weighted by Gasteiger charge is -2.18. The van der Waals surface area contributed by atoms with Gasteiger partial charge >= 0.3 is 0 Å². The van der Waals surface area contributed by atoms with Crippen molar-refractivity contribution in [1.82, 2.24) is 0 Å². The minimum atomic E-state index is -2.62. The molecular weight excluding hydrogens is 272 g/mol. The summed E-state index contributed by atoms with van der Waals surface area (Å²) in [5.41, 5.74) is 5.98. The van der Waals surface area contributed by atoms with Crippen LogP contribution in [0.5, 0.6) is 5.75 Å². The standard InChI is InChI=1S/C14H15F2NO.ClH/c1-2-18-11-8-7-9-5-3-4-6-10(9)12(11)13(17)14(15)16;/h3-8,13-14H,2,17H2,1H3;1H/t13-;/m1./s1. The predicted octanol–water partition coefficient (Wildman–Crippen LogP) is 3.93. The normalized spacial score (nSPS) is 12.3. The molecule has 5 heteroatoms. The summed E-state index contributed by atoms with van der Waals surface area (Å²) in [6.07, 6.45) is -2.62. The molecule has 0 unspecified atom stereocenters. The molecule has 0 amide bonds. The number of nitrogens with two attached hydrogens (primary N) is 1. The van der Waals surface area contributed by atoms with E-state index in [-0.39, 0.29) is 12.4 Å². The van der Waals surface area contributed by atoms with E-state index in [0.29, 0.717) is 17.9 Å². The van der Waals surface area contributed by atoms with Crippen LogP contribution in [-0.2, 0) is 0 Å². The van der Waals surface area contributed by atoms with E-state index in [1.54, 1.807) is 18.2 Å². The summed E-state index contributed by atoms with van der Waals surface area (Å²) in [6, 6.07) is 9.53. The summed E-state index contributed by atoms with van der Waals surface area (Å²) in [6.45, 7) is 2.23. The Morgan fingerprint density at radius 2 is 1.84 bits per heavy atom. The third-order valence-electron chi connectivity index (χ3n) is 2.84. The molecule has 0 heterocycles. The molecule has 0 saturated carbocycles. The van der Waals surface area contributed by atoms with Crippen LogP contribution in [-0.4, -0.2) is 13.0 Å². The van der Waals surface area contributed by atoms with E-state index in [0.717, 1.165) is 10.8 Å². The minimum absolute atomic E-state index is 0. The smallest absolute Gasteiger partial charge is 0.257 e. The number of rotatable bonds is 4. The molecule has 0 aromatic heterocycles. The lowest BCUT2D eigenvalue weighted by Crippen LogP contribution is -2.20. The molecule has 0 aliphatic heterocycles. The molecule has 2 aromatic rings. The first-order valence-electron chi connectivity index (χ1n) is 5.83. The van der Waals surface area contributed by atoms with E-state index >= 15 is 0 Å². The number of benzene rings is 2. The zero-order chi connectivity index (χ0) is 13.1. The Morgan fingerprint density at radius 1 is 1.16 bits per heavy atom. The summed E-state index contributed by atoms with van der Waals surface area (Å²) < 4.78 is 31.2. The lowest BCUT2D eigenvalue weighted by atomic mass is 9.98. The van der Waals surface area contributed by atoms with Crippen LogP contribution in [0.2, 0.25) is 0 Å². The van der Waals surface area contributed by atoms with Crippen molar-refractivity contribution in [3.8, 4) is 5.75 Å². The van der Waals surface area contributed by atoms with Gasteiger partial charge in [0.1, 0.15) is 5.75 Å². The Balaban J connectivity index is 0.00000180. The molecule has 0 saturated heterocycles. The van der Waals surface area contributed by atoms with Crippen molar-refractivity contribution in [2.24, 2.45) is 5.73 Å². The van der Waals surface area contributed by atoms with Gasteiger partial charge in [-0.2, -0.15) is 0 Å². The van der Waals surface area contributed by atoms with E-state index in [4.69, 9.17) is 10.5 Å². The Labute approximate surface area is 117 Å². The third kappa shape index (κ3) is 3.14. The third-order valence-corrected chi connectivity index (χ3v) is 2.84. The average molecular weight is 288 g/mol. The monoisotopic (exact) mass is 287 g/mol. The van der Waals surface area contributed by atoms with Gasteiger partial charge in [-0.1, -0.05) is 30.3 Å². The quantitative estimate of drug-likeness (QED) is 0.925. The summed E-state index contributed by atoms with van der Waals surface area (Å²) in [5.74, 6) is 0.434. The van der Waals surface area contributed by atoms with Crippen molar-refractivity contribution in [3.05, 3.63) is 42.0 Å². The largest absolute Gasteiger partial charge is 0.494 e. The van der Waals surface area contributed by atoms with Gasteiger partial charge in [0.2, 0.25) is 0 Å².